The van der Waals surface area contributed by atoms with Gasteiger partial charge in [0.2, 0.25) is 17.6 Å². The van der Waals surface area contributed by atoms with Crippen molar-refractivity contribution >= 4 is 12.0 Å². The fourth-order valence-electron chi connectivity index (χ4n) is 3.68. The van der Waals surface area contributed by atoms with Crippen molar-refractivity contribution in [1.29, 1.82) is 0 Å². The summed E-state index contributed by atoms with van der Waals surface area (Å²) in [6.45, 7) is 3.49. The van der Waals surface area contributed by atoms with Gasteiger partial charge in [-0.1, -0.05) is 35.5 Å². The highest BCUT2D eigenvalue weighted by Gasteiger charge is 2.42. The molecule has 1 aromatic carbocycles. The third-order valence-electron chi connectivity index (χ3n) is 5.43. The van der Waals surface area contributed by atoms with E-state index >= 15 is 0 Å². The summed E-state index contributed by atoms with van der Waals surface area (Å²) in [5.41, 5.74) is 7.33. The number of nitrogens with zero attached hydrogens (tertiary/aromatic N) is 6. The van der Waals surface area contributed by atoms with Gasteiger partial charge in [0.25, 0.3) is 0 Å². The van der Waals surface area contributed by atoms with E-state index in [-0.39, 0.29) is 5.95 Å². The molecule has 2 aliphatic heterocycles. The number of piperidine rings is 1. The van der Waals surface area contributed by atoms with Crippen LogP contribution in [0.15, 0.2) is 34.9 Å². The predicted octanol–water partition coefficient (Wildman–Crippen LogP) is 1.71. The summed E-state index contributed by atoms with van der Waals surface area (Å²) in [6.07, 6.45) is 2.71. The van der Waals surface area contributed by atoms with Crippen LogP contribution in [0.4, 0.5) is 12.0 Å². The summed E-state index contributed by atoms with van der Waals surface area (Å²) in [5.74, 6) is 1.37. The number of benzene rings is 1. The Bertz CT molecular complexity index is 961. The number of hydrogen-bond acceptors (Lipinski definition) is 9. The number of rotatable bonds is 4. The van der Waals surface area contributed by atoms with E-state index in [4.69, 9.17) is 15.0 Å². The van der Waals surface area contributed by atoms with E-state index in [1.807, 2.05) is 30.3 Å². The Hall–Kier alpha value is -3.07. The Morgan fingerprint density at radius 3 is 2.46 bits per heavy atom. The van der Waals surface area contributed by atoms with Crippen molar-refractivity contribution in [3.8, 4) is 11.6 Å². The molecule has 9 heteroatoms. The summed E-state index contributed by atoms with van der Waals surface area (Å²) < 4.78 is 10.8. The minimum absolute atomic E-state index is 0.146. The highest BCUT2D eigenvalue weighted by atomic mass is 16.5. The van der Waals surface area contributed by atoms with Crippen LogP contribution < -0.4 is 10.6 Å². The lowest BCUT2D eigenvalue weighted by molar-refractivity contribution is -0.124. The van der Waals surface area contributed by atoms with Gasteiger partial charge >= 0.3 is 6.01 Å². The Morgan fingerprint density at radius 1 is 0.964 bits per heavy atom. The summed E-state index contributed by atoms with van der Waals surface area (Å²) in [5, 5.41) is 4.06. The molecule has 144 valence electrons. The highest BCUT2D eigenvalue weighted by Crippen LogP contribution is 2.39. The zero-order chi connectivity index (χ0) is 19.0. The monoisotopic (exact) mass is 379 g/mol. The molecule has 28 heavy (non-hydrogen) atoms. The van der Waals surface area contributed by atoms with Gasteiger partial charge in [0.15, 0.2) is 0 Å². The van der Waals surface area contributed by atoms with Gasteiger partial charge < -0.3 is 19.9 Å². The zero-order valence-electron chi connectivity index (χ0n) is 15.4. The fraction of sp³-hybridized carbons (Fsp3) is 0.421. The number of hydrogen-bond donors (Lipinski definition) is 1. The Kier molecular flexibility index (Phi) is 4.16. The maximum atomic E-state index is 5.88. The van der Waals surface area contributed by atoms with Gasteiger partial charge in [0.1, 0.15) is 5.82 Å². The molecule has 2 saturated heterocycles. The lowest BCUT2D eigenvalue weighted by atomic mass is 9.77. The molecule has 1 spiro atoms. The topological polar surface area (TPSA) is 116 Å². The van der Waals surface area contributed by atoms with Gasteiger partial charge in [-0.05, 0) is 18.4 Å². The summed E-state index contributed by atoms with van der Waals surface area (Å²) in [7, 11) is 0. The molecule has 0 saturated carbocycles. The van der Waals surface area contributed by atoms with E-state index in [9.17, 15) is 0 Å². The Labute approximate surface area is 162 Å². The van der Waals surface area contributed by atoms with Gasteiger partial charge in [-0.25, -0.2) is 4.98 Å². The molecule has 2 aromatic heterocycles. The standard InChI is InChI=1S/C19H21N7O2/c20-17-22-14(10-13-4-2-1-3-5-13)21-15(23-17)16-24-18(28-25-16)26-8-6-19(7-9-26)11-27-12-19/h1-5H,6-12H2,(H2,20,21,22,23). The Balaban J connectivity index is 1.34. The Morgan fingerprint density at radius 2 is 1.75 bits per heavy atom. The van der Waals surface area contributed by atoms with Crippen LogP contribution in [0.2, 0.25) is 0 Å². The number of anilines is 2. The van der Waals surface area contributed by atoms with Crippen molar-refractivity contribution in [3.05, 3.63) is 41.7 Å². The molecule has 0 aliphatic carbocycles. The van der Waals surface area contributed by atoms with E-state index < -0.39 is 0 Å². The molecule has 0 amide bonds. The second kappa shape index (κ2) is 6.83. The second-order valence-electron chi connectivity index (χ2n) is 7.48. The number of nitrogen functional groups attached to an aromatic ring is 1. The predicted molar refractivity (Wildman–Crippen MR) is 101 cm³/mol. The molecule has 0 atom stereocenters. The van der Waals surface area contributed by atoms with Crippen molar-refractivity contribution in [2.75, 3.05) is 36.9 Å². The quantitative estimate of drug-likeness (QED) is 0.723. The summed E-state index contributed by atoms with van der Waals surface area (Å²) in [6, 6.07) is 10.5. The average molecular weight is 379 g/mol. The minimum Gasteiger partial charge on any atom is -0.380 e. The zero-order valence-corrected chi connectivity index (χ0v) is 15.4. The van der Waals surface area contributed by atoms with Crippen LogP contribution in [-0.2, 0) is 11.2 Å². The van der Waals surface area contributed by atoms with Crippen LogP contribution in [0.5, 0.6) is 0 Å². The van der Waals surface area contributed by atoms with Gasteiger partial charge in [0.05, 0.1) is 13.2 Å². The molecule has 9 nitrogen and oxygen atoms in total. The van der Waals surface area contributed by atoms with Crippen LogP contribution in [0.1, 0.15) is 24.2 Å². The molecule has 0 unspecified atom stereocenters. The van der Waals surface area contributed by atoms with E-state index in [1.165, 1.54) is 0 Å². The lowest BCUT2D eigenvalue weighted by Crippen LogP contribution is -2.51. The van der Waals surface area contributed by atoms with Crippen molar-refractivity contribution in [2.24, 2.45) is 5.41 Å². The maximum absolute atomic E-state index is 5.88. The molecule has 0 radical (unpaired) electrons. The molecule has 2 fully saturated rings. The summed E-state index contributed by atoms with van der Waals surface area (Å²) in [4.78, 5) is 19.5. The normalized spacial score (nSPS) is 18.2. The second-order valence-corrected chi connectivity index (χ2v) is 7.48. The van der Waals surface area contributed by atoms with Crippen molar-refractivity contribution in [1.82, 2.24) is 25.1 Å². The number of aromatic nitrogens is 5. The number of ether oxygens (including phenoxy) is 1. The first-order valence-electron chi connectivity index (χ1n) is 9.40. The molecule has 2 aliphatic rings. The number of nitrogens with two attached hydrogens (primary N) is 1. The van der Waals surface area contributed by atoms with Crippen LogP contribution in [0.3, 0.4) is 0 Å². The third-order valence-corrected chi connectivity index (χ3v) is 5.43. The van der Waals surface area contributed by atoms with Crippen LogP contribution in [0.25, 0.3) is 11.6 Å². The van der Waals surface area contributed by atoms with Crippen molar-refractivity contribution in [2.45, 2.75) is 19.3 Å². The van der Waals surface area contributed by atoms with Crippen molar-refractivity contribution in [3.63, 3.8) is 0 Å². The average Bonchev–Trinajstić information content (AvgIpc) is 3.17. The van der Waals surface area contributed by atoms with E-state index in [2.05, 4.69) is 30.0 Å². The lowest BCUT2D eigenvalue weighted by Gasteiger charge is -2.46. The van der Waals surface area contributed by atoms with Gasteiger partial charge in [-0.15, -0.1) is 0 Å². The largest absolute Gasteiger partial charge is 0.380 e. The van der Waals surface area contributed by atoms with E-state index in [0.29, 0.717) is 35.3 Å². The molecular weight excluding hydrogens is 358 g/mol. The fourth-order valence-corrected chi connectivity index (χ4v) is 3.68. The van der Waals surface area contributed by atoms with Crippen LogP contribution >= 0.6 is 0 Å². The molecule has 3 aromatic rings. The molecule has 0 bridgehead atoms. The first-order chi connectivity index (χ1) is 13.7. The summed E-state index contributed by atoms with van der Waals surface area (Å²) >= 11 is 0. The third kappa shape index (κ3) is 3.29. The first-order valence-corrected chi connectivity index (χ1v) is 9.40. The smallest absolute Gasteiger partial charge is 0.324 e. The van der Waals surface area contributed by atoms with Gasteiger partial charge in [0, 0.05) is 24.9 Å². The van der Waals surface area contributed by atoms with E-state index in [0.717, 1.165) is 44.7 Å². The van der Waals surface area contributed by atoms with Crippen molar-refractivity contribution < 1.29 is 9.26 Å². The molecular formula is C19H21N7O2. The molecule has 2 N–H and O–H groups in total. The van der Waals surface area contributed by atoms with Crippen LogP contribution in [-0.4, -0.2) is 51.4 Å². The SMILES string of the molecule is Nc1nc(Cc2ccccc2)nc(-c2noc(N3CCC4(CC3)COC4)n2)n1. The molecule has 5 rings (SSSR count). The molecule has 4 heterocycles. The minimum atomic E-state index is 0.146. The van der Waals surface area contributed by atoms with Crippen LogP contribution in [0, 0.1) is 5.41 Å². The van der Waals surface area contributed by atoms with Gasteiger partial charge in [-0.3, -0.25) is 0 Å². The maximum Gasteiger partial charge on any atom is 0.324 e. The first kappa shape index (κ1) is 17.1. The highest BCUT2D eigenvalue weighted by molar-refractivity contribution is 5.47. The van der Waals surface area contributed by atoms with E-state index in [1.54, 1.807) is 0 Å². The van der Waals surface area contributed by atoms with Gasteiger partial charge in [-0.2, -0.15) is 15.0 Å².